The lowest BCUT2D eigenvalue weighted by Gasteiger charge is -2.44. The van der Waals surface area contributed by atoms with E-state index >= 15 is 0 Å². The first-order valence-electron chi connectivity index (χ1n) is 11.5. The number of nitrogens with zero attached hydrogens (tertiary/aromatic N) is 1. The van der Waals surface area contributed by atoms with E-state index in [1.165, 1.54) is 12.1 Å². The van der Waals surface area contributed by atoms with E-state index in [9.17, 15) is 23.8 Å². The maximum atomic E-state index is 14.1. The second kappa shape index (κ2) is 10.0. The minimum absolute atomic E-state index is 0.0126. The van der Waals surface area contributed by atoms with Crippen LogP contribution in [0.5, 0.6) is 0 Å². The Bertz CT molecular complexity index is 1140. The van der Waals surface area contributed by atoms with Crippen molar-refractivity contribution in [3.63, 3.8) is 0 Å². The number of hydrogen-bond donors (Lipinski definition) is 2. The third kappa shape index (κ3) is 4.88. The Morgan fingerprint density at radius 1 is 1.03 bits per heavy atom. The van der Waals surface area contributed by atoms with Gasteiger partial charge in [-0.25, -0.2) is 8.78 Å². The molecule has 0 bridgehead atoms. The Labute approximate surface area is 198 Å². The fourth-order valence-electron chi connectivity index (χ4n) is 5.04. The van der Waals surface area contributed by atoms with Gasteiger partial charge < -0.3 is 15.1 Å². The highest BCUT2D eigenvalue weighted by Gasteiger charge is 2.42. The van der Waals surface area contributed by atoms with Gasteiger partial charge in [0.05, 0.1) is 18.8 Å². The van der Waals surface area contributed by atoms with Crippen molar-refractivity contribution in [3.8, 4) is 11.1 Å². The van der Waals surface area contributed by atoms with Crippen molar-refractivity contribution in [2.24, 2.45) is 0 Å². The zero-order valence-corrected chi connectivity index (χ0v) is 19.1. The minimum atomic E-state index is -0.892. The van der Waals surface area contributed by atoms with Crippen LogP contribution in [0, 0.1) is 11.6 Å². The number of amides is 1. The van der Waals surface area contributed by atoms with Gasteiger partial charge in [-0.15, -0.1) is 0 Å². The summed E-state index contributed by atoms with van der Waals surface area (Å²) in [5.74, 6) is -1.25. The number of carbonyl (C=O) groups is 1. The summed E-state index contributed by atoms with van der Waals surface area (Å²) in [6.45, 7) is 2.13. The SMILES string of the molecule is C[C@@H](c1ccc(-c2ccc(F)cc2F)cc1)N1CCC(CC(O)CO)(c2ccccc2)CC1=O. The van der Waals surface area contributed by atoms with Crippen LogP contribution in [0.4, 0.5) is 8.78 Å². The molecule has 3 aromatic rings. The Hall–Kier alpha value is -3.09. The first kappa shape index (κ1) is 24.0. The zero-order valence-electron chi connectivity index (χ0n) is 19.1. The van der Waals surface area contributed by atoms with Crippen LogP contribution in [0.15, 0.2) is 72.8 Å². The molecule has 0 aliphatic carbocycles. The van der Waals surface area contributed by atoms with Crippen molar-refractivity contribution in [3.05, 3.63) is 95.6 Å². The summed E-state index contributed by atoms with van der Waals surface area (Å²) in [7, 11) is 0. The van der Waals surface area contributed by atoms with E-state index in [1.54, 1.807) is 12.1 Å². The van der Waals surface area contributed by atoms with Gasteiger partial charge in [0.15, 0.2) is 0 Å². The van der Waals surface area contributed by atoms with Gasteiger partial charge in [-0.1, -0.05) is 54.6 Å². The van der Waals surface area contributed by atoms with Crippen LogP contribution >= 0.6 is 0 Å². The molecule has 1 heterocycles. The van der Waals surface area contributed by atoms with Crippen LogP contribution in [0.25, 0.3) is 11.1 Å². The summed E-state index contributed by atoms with van der Waals surface area (Å²) in [4.78, 5) is 15.2. The van der Waals surface area contributed by atoms with E-state index < -0.39 is 23.2 Å². The number of carbonyl (C=O) groups excluding carboxylic acids is 1. The average Bonchev–Trinajstić information content (AvgIpc) is 2.84. The number of aliphatic hydroxyl groups excluding tert-OH is 2. The molecule has 1 aliphatic heterocycles. The van der Waals surface area contributed by atoms with E-state index in [0.29, 0.717) is 30.5 Å². The van der Waals surface area contributed by atoms with Gasteiger partial charge in [0.1, 0.15) is 11.6 Å². The summed E-state index contributed by atoms with van der Waals surface area (Å²) in [5.41, 5.74) is 2.35. The molecule has 1 fully saturated rings. The number of aliphatic hydroxyl groups is 2. The van der Waals surface area contributed by atoms with E-state index in [0.717, 1.165) is 17.2 Å². The molecule has 0 aromatic heterocycles. The number of likely N-dealkylation sites (tertiary alicyclic amines) is 1. The van der Waals surface area contributed by atoms with Crippen molar-refractivity contribution in [2.45, 2.75) is 43.7 Å². The molecule has 1 saturated heterocycles. The van der Waals surface area contributed by atoms with Crippen molar-refractivity contribution < 1.29 is 23.8 Å². The molecule has 2 unspecified atom stereocenters. The quantitative estimate of drug-likeness (QED) is 0.517. The highest BCUT2D eigenvalue weighted by molar-refractivity contribution is 5.79. The third-order valence-electron chi connectivity index (χ3n) is 6.97. The topological polar surface area (TPSA) is 60.8 Å². The molecular formula is C28H29F2NO3. The molecule has 1 amide bonds. The smallest absolute Gasteiger partial charge is 0.223 e. The summed E-state index contributed by atoms with van der Waals surface area (Å²) < 4.78 is 27.4. The first-order chi connectivity index (χ1) is 16.3. The molecule has 0 spiro atoms. The molecule has 34 heavy (non-hydrogen) atoms. The molecule has 3 aromatic carbocycles. The van der Waals surface area contributed by atoms with Crippen molar-refractivity contribution in [1.29, 1.82) is 0 Å². The second-order valence-electron chi connectivity index (χ2n) is 9.12. The molecule has 3 atom stereocenters. The minimum Gasteiger partial charge on any atom is -0.394 e. The van der Waals surface area contributed by atoms with Crippen molar-refractivity contribution in [1.82, 2.24) is 4.90 Å². The molecule has 178 valence electrons. The highest BCUT2D eigenvalue weighted by Crippen LogP contribution is 2.42. The Kier molecular flexibility index (Phi) is 7.10. The lowest BCUT2D eigenvalue weighted by atomic mass is 9.68. The van der Waals surface area contributed by atoms with Crippen LogP contribution in [0.2, 0.25) is 0 Å². The average molecular weight is 466 g/mol. The van der Waals surface area contributed by atoms with Gasteiger partial charge in [-0.2, -0.15) is 0 Å². The fraction of sp³-hybridized carbons (Fsp3) is 0.321. The maximum absolute atomic E-state index is 14.1. The lowest BCUT2D eigenvalue weighted by Crippen LogP contribution is -2.48. The summed E-state index contributed by atoms with van der Waals surface area (Å²) in [6, 6.07) is 20.3. The number of rotatable bonds is 7. The largest absolute Gasteiger partial charge is 0.394 e. The number of piperidine rings is 1. The second-order valence-corrected chi connectivity index (χ2v) is 9.12. The molecule has 4 nitrogen and oxygen atoms in total. The van der Waals surface area contributed by atoms with E-state index in [-0.39, 0.29) is 25.0 Å². The predicted octanol–water partition coefficient (Wildman–Crippen LogP) is 5.00. The lowest BCUT2D eigenvalue weighted by molar-refractivity contribution is -0.139. The summed E-state index contributed by atoms with van der Waals surface area (Å²) in [6.07, 6.45) is 0.344. The summed E-state index contributed by atoms with van der Waals surface area (Å²) >= 11 is 0. The van der Waals surface area contributed by atoms with E-state index in [1.807, 2.05) is 54.3 Å². The monoisotopic (exact) mass is 465 g/mol. The Morgan fingerprint density at radius 3 is 2.35 bits per heavy atom. The fourth-order valence-corrected chi connectivity index (χ4v) is 5.04. The predicted molar refractivity (Wildman–Crippen MR) is 127 cm³/mol. The molecule has 4 rings (SSSR count). The van der Waals surface area contributed by atoms with Gasteiger partial charge >= 0.3 is 0 Å². The number of hydrogen-bond acceptors (Lipinski definition) is 3. The standard InChI is InChI=1S/C28H29F2NO3/c1-19(20-7-9-21(10-8-20)25-12-11-23(29)15-26(25)30)31-14-13-28(17-27(31)34,16-24(33)18-32)22-5-3-2-4-6-22/h2-12,15,19,24,32-33H,13-14,16-18H2,1H3/t19-,24?,28?/m0/s1. The van der Waals surface area contributed by atoms with E-state index in [4.69, 9.17) is 0 Å². The molecule has 0 radical (unpaired) electrons. The number of halogens is 2. The molecule has 1 aliphatic rings. The maximum Gasteiger partial charge on any atom is 0.223 e. The highest BCUT2D eigenvalue weighted by atomic mass is 19.1. The van der Waals surface area contributed by atoms with Gasteiger partial charge in [-0.05, 0) is 48.6 Å². The van der Waals surface area contributed by atoms with Crippen LogP contribution in [0.3, 0.4) is 0 Å². The van der Waals surface area contributed by atoms with Crippen LogP contribution in [-0.4, -0.2) is 40.3 Å². The van der Waals surface area contributed by atoms with Crippen LogP contribution < -0.4 is 0 Å². The van der Waals surface area contributed by atoms with E-state index in [2.05, 4.69) is 0 Å². The van der Waals surface area contributed by atoms with Crippen molar-refractivity contribution >= 4 is 5.91 Å². The normalized spacial score (nSPS) is 20.3. The molecular weight excluding hydrogens is 436 g/mol. The molecule has 6 heteroatoms. The Morgan fingerprint density at radius 2 is 1.74 bits per heavy atom. The van der Waals surface area contributed by atoms with Gasteiger partial charge in [-0.3, -0.25) is 4.79 Å². The Balaban J connectivity index is 1.53. The van der Waals surface area contributed by atoms with Crippen molar-refractivity contribution in [2.75, 3.05) is 13.2 Å². The van der Waals surface area contributed by atoms with Gasteiger partial charge in [0, 0.05) is 30.0 Å². The number of benzene rings is 3. The zero-order chi connectivity index (χ0) is 24.3. The summed E-state index contributed by atoms with van der Waals surface area (Å²) in [5, 5.41) is 19.6. The first-order valence-corrected chi connectivity index (χ1v) is 11.5. The third-order valence-corrected chi connectivity index (χ3v) is 6.97. The molecule has 2 N–H and O–H groups in total. The van der Waals surface area contributed by atoms with Crippen LogP contribution in [0.1, 0.15) is 43.4 Å². The van der Waals surface area contributed by atoms with Gasteiger partial charge in [0.25, 0.3) is 0 Å². The van der Waals surface area contributed by atoms with Crippen LogP contribution in [-0.2, 0) is 10.2 Å². The molecule has 0 saturated carbocycles. The van der Waals surface area contributed by atoms with Gasteiger partial charge in [0.2, 0.25) is 5.91 Å².